The molecule has 2 aliphatic rings. The molecule has 2 fully saturated rings. The lowest BCUT2D eigenvalue weighted by molar-refractivity contribution is -0.125. The Hall–Kier alpha value is -3.50. The highest BCUT2D eigenvalue weighted by Gasteiger charge is 2.51. The van der Waals surface area contributed by atoms with Gasteiger partial charge in [0, 0.05) is 23.0 Å². The summed E-state index contributed by atoms with van der Waals surface area (Å²) >= 11 is 5.96. The second kappa shape index (κ2) is 11.9. The third-order valence-electron chi connectivity index (χ3n) is 8.03. The number of rotatable bonds is 6. The van der Waals surface area contributed by atoms with E-state index in [1.165, 1.54) is 6.07 Å². The number of hydrogen-bond acceptors (Lipinski definition) is 6. The average Bonchev–Trinajstić information content (AvgIpc) is 3.64. The number of benzene rings is 2. The number of hydrogen-bond donors (Lipinski definition) is 1. The van der Waals surface area contributed by atoms with Gasteiger partial charge >= 0.3 is 6.09 Å². The zero-order valence-electron chi connectivity index (χ0n) is 25.4. The number of nitrogens with zero attached hydrogens (tertiary/aromatic N) is 4. The minimum atomic E-state index is -0.887. The van der Waals surface area contributed by atoms with E-state index in [-0.39, 0.29) is 36.3 Å². The molecule has 1 aliphatic heterocycles. The van der Waals surface area contributed by atoms with Crippen molar-refractivity contribution in [2.75, 3.05) is 0 Å². The lowest BCUT2D eigenvalue weighted by atomic mass is 10.0. The van der Waals surface area contributed by atoms with Gasteiger partial charge in [-0.2, -0.15) is 0 Å². The normalized spacial score (nSPS) is 23.4. The molecule has 3 aromatic rings. The Balaban J connectivity index is 1.20. The Morgan fingerprint density at radius 3 is 2.51 bits per heavy atom. The fraction of sp³-hybridized carbons (Fsp3) is 0.500. The van der Waals surface area contributed by atoms with E-state index in [1.54, 1.807) is 27.8 Å². The third-order valence-corrected chi connectivity index (χ3v) is 8.28. The summed E-state index contributed by atoms with van der Waals surface area (Å²) in [4.78, 5) is 27.8. The molecule has 0 radical (unpaired) electrons. The van der Waals surface area contributed by atoms with Gasteiger partial charge in [0.05, 0.1) is 18.3 Å². The van der Waals surface area contributed by atoms with Crippen molar-refractivity contribution in [2.45, 2.75) is 96.9 Å². The van der Waals surface area contributed by atoms with E-state index < -0.39 is 23.5 Å². The van der Waals surface area contributed by atoms with Gasteiger partial charge in [0.1, 0.15) is 28.9 Å². The third kappa shape index (κ3) is 6.86. The van der Waals surface area contributed by atoms with Crippen molar-refractivity contribution in [3.63, 3.8) is 0 Å². The predicted molar refractivity (Wildman–Crippen MR) is 161 cm³/mol. The van der Waals surface area contributed by atoms with Gasteiger partial charge in [-0.15, -0.1) is 5.10 Å². The second-order valence-electron chi connectivity index (χ2n) is 12.9. The maximum absolute atomic E-state index is 14.9. The molecule has 2 aromatic carbocycles. The molecule has 1 aromatic heterocycles. The lowest BCUT2D eigenvalue weighted by Gasteiger charge is -2.34. The van der Waals surface area contributed by atoms with Crippen LogP contribution in [-0.2, 0) is 20.8 Å². The van der Waals surface area contributed by atoms with Gasteiger partial charge in [-0.3, -0.25) is 9.69 Å². The first-order valence-corrected chi connectivity index (χ1v) is 15.0. The summed E-state index contributed by atoms with van der Waals surface area (Å²) in [5.74, 6) is -0.708. The molecular formula is C32H39ClFN5O4. The first kappa shape index (κ1) is 30.9. The fourth-order valence-corrected chi connectivity index (χ4v) is 6.14. The molecule has 1 saturated heterocycles. The maximum Gasteiger partial charge on any atom is 0.413 e. The molecule has 1 aliphatic carbocycles. The largest absolute Gasteiger partial charge is 0.444 e. The Labute approximate surface area is 256 Å². The lowest BCUT2D eigenvalue weighted by Crippen LogP contribution is -2.47. The van der Waals surface area contributed by atoms with Crippen LogP contribution in [0, 0.1) is 11.7 Å². The topological polar surface area (TPSA) is 98.6 Å². The number of carbonyl (C=O) groups is 2. The minimum Gasteiger partial charge on any atom is -0.444 e. The molecule has 230 valence electrons. The molecule has 2 unspecified atom stereocenters. The molecule has 1 saturated carbocycles. The molecule has 0 spiro atoms. The van der Waals surface area contributed by atoms with Crippen LogP contribution in [0.3, 0.4) is 0 Å². The molecule has 43 heavy (non-hydrogen) atoms. The Morgan fingerprint density at radius 1 is 1.14 bits per heavy atom. The van der Waals surface area contributed by atoms with Crippen LogP contribution in [0.4, 0.5) is 9.18 Å². The van der Waals surface area contributed by atoms with Crippen LogP contribution in [0.2, 0.25) is 5.02 Å². The van der Waals surface area contributed by atoms with Crippen molar-refractivity contribution in [2.24, 2.45) is 5.92 Å². The SMILES string of the molecule is C[C@H]1OC(C)(C)N(C(=O)OC(C)(C)C)[C@@H]1c1cn(C2CCC(C(=O)NCc3ccc(-c4ccc(Cl)cc4)cc3F)C2)nn1. The number of amides is 2. The molecular weight excluding hydrogens is 573 g/mol. The van der Waals surface area contributed by atoms with Gasteiger partial charge < -0.3 is 14.8 Å². The van der Waals surface area contributed by atoms with Crippen LogP contribution in [-0.4, -0.2) is 49.3 Å². The van der Waals surface area contributed by atoms with Crippen molar-refractivity contribution >= 4 is 23.6 Å². The van der Waals surface area contributed by atoms with E-state index in [2.05, 4.69) is 15.6 Å². The smallest absolute Gasteiger partial charge is 0.413 e. The van der Waals surface area contributed by atoms with Crippen molar-refractivity contribution in [3.05, 3.63) is 70.8 Å². The minimum absolute atomic E-state index is 0.0204. The van der Waals surface area contributed by atoms with Crippen molar-refractivity contribution in [1.29, 1.82) is 0 Å². The molecule has 4 atom stereocenters. The summed E-state index contributed by atoms with van der Waals surface area (Å²) in [5, 5.41) is 12.3. The molecule has 2 amide bonds. The molecule has 9 nitrogen and oxygen atoms in total. The van der Waals surface area contributed by atoms with Crippen LogP contribution in [0.25, 0.3) is 11.1 Å². The van der Waals surface area contributed by atoms with Gasteiger partial charge in [-0.25, -0.2) is 13.9 Å². The van der Waals surface area contributed by atoms with E-state index in [0.29, 0.717) is 29.1 Å². The number of halogens is 2. The quantitative estimate of drug-likeness (QED) is 0.328. The van der Waals surface area contributed by atoms with Crippen LogP contribution in [0.15, 0.2) is 48.7 Å². The van der Waals surface area contributed by atoms with Gasteiger partial charge in [0.15, 0.2) is 0 Å². The summed E-state index contributed by atoms with van der Waals surface area (Å²) in [6.45, 7) is 11.1. The summed E-state index contributed by atoms with van der Waals surface area (Å²) < 4.78 is 28.4. The summed E-state index contributed by atoms with van der Waals surface area (Å²) in [6, 6.07) is 11.7. The van der Waals surface area contributed by atoms with Crippen molar-refractivity contribution in [1.82, 2.24) is 25.2 Å². The van der Waals surface area contributed by atoms with Gasteiger partial charge in [0.2, 0.25) is 5.91 Å². The van der Waals surface area contributed by atoms with E-state index in [4.69, 9.17) is 21.1 Å². The van der Waals surface area contributed by atoms with Gasteiger partial charge in [0.25, 0.3) is 0 Å². The zero-order valence-corrected chi connectivity index (χ0v) is 26.2. The van der Waals surface area contributed by atoms with Crippen LogP contribution >= 0.6 is 11.6 Å². The van der Waals surface area contributed by atoms with Crippen LogP contribution < -0.4 is 5.32 Å². The average molecular weight is 612 g/mol. The fourth-order valence-electron chi connectivity index (χ4n) is 6.02. The monoisotopic (exact) mass is 611 g/mol. The van der Waals surface area contributed by atoms with Crippen molar-refractivity contribution in [3.8, 4) is 11.1 Å². The standard InChI is InChI=1S/C32H39ClFN5O4/c1-19-28(39(32(5,6)42-19)30(41)43-31(2,3)4)27-18-38(37-36-27)25-14-11-22(15-25)29(40)35-17-23-8-7-21(16-26(23)34)20-9-12-24(33)13-10-20/h7-10,12-13,16,18-19,22,25,28H,11,14-15,17H2,1-6H3,(H,35,40)/t19-,22?,25?,28+/m1/s1. The number of ether oxygens (including phenoxy) is 2. The molecule has 2 heterocycles. The molecule has 11 heteroatoms. The second-order valence-corrected chi connectivity index (χ2v) is 13.3. The van der Waals surface area contributed by atoms with E-state index in [9.17, 15) is 14.0 Å². The summed E-state index contributed by atoms with van der Waals surface area (Å²) in [5.41, 5.74) is 1.09. The molecule has 0 bridgehead atoms. The predicted octanol–water partition coefficient (Wildman–Crippen LogP) is 6.83. The number of carbonyl (C=O) groups excluding carboxylic acids is 2. The van der Waals surface area contributed by atoms with E-state index >= 15 is 0 Å². The summed E-state index contributed by atoms with van der Waals surface area (Å²) in [7, 11) is 0. The van der Waals surface area contributed by atoms with Gasteiger partial charge in [-0.05, 0) is 90.1 Å². The highest BCUT2D eigenvalue weighted by molar-refractivity contribution is 6.30. The number of nitrogens with one attached hydrogen (secondary N) is 1. The van der Waals surface area contributed by atoms with Crippen molar-refractivity contribution < 1.29 is 23.5 Å². The molecule has 1 N–H and O–H groups in total. The van der Waals surface area contributed by atoms with E-state index in [1.807, 2.05) is 65.9 Å². The Morgan fingerprint density at radius 2 is 1.84 bits per heavy atom. The first-order valence-electron chi connectivity index (χ1n) is 14.7. The summed E-state index contributed by atoms with van der Waals surface area (Å²) in [6.07, 6.45) is 3.06. The highest BCUT2D eigenvalue weighted by Crippen LogP contribution is 2.42. The zero-order chi connectivity index (χ0) is 31.1. The first-order chi connectivity index (χ1) is 20.2. The highest BCUT2D eigenvalue weighted by atomic mass is 35.5. The van der Waals surface area contributed by atoms with Gasteiger partial charge in [-0.1, -0.05) is 41.1 Å². The number of aromatic nitrogens is 3. The van der Waals surface area contributed by atoms with Crippen LogP contribution in [0.1, 0.15) is 84.1 Å². The Kier molecular flexibility index (Phi) is 8.55. The maximum atomic E-state index is 14.9. The van der Waals surface area contributed by atoms with E-state index in [0.717, 1.165) is 17.5 Å². The van der Waals surface area contributed by atoms with Crippen LogP contribution in [0.5, 0.6) is 0 Å². The Bertz CT molecular complexity index is 1490. The molecule has 5 rings (SSSR count).